The molecular formula is C22H26N6O4S. The van der Waals surface area contributed by atoms with Crippen LogP contribution in [0.25, 0.3) is 10.2 Å². The minimum Gasteiger partial charge on any atom is -0.457 e. The van der Waals surface area contributed by atoms with Crippen LogP contribution in [0, 0.1) is 0 Å². The molecule has 1 saturated heterocycles. The van der Waals surface area contributed by atoms with Gasteiger partial charge in [0.05, 0.1) is 23.4 Å². The molecule has 1 aliphatic rings. The molecule has 2 aromatic heterocycles. The topological polar surface area (TPSA) is 118 Å². The highest BCUT2D eigenvalue weighted by molar-refractivity contribution is 7.22. The number of nitrogens with one attached hydrogen (secondary N) is 3. The van der Waals surface area contributed by atoms with Crippen molar-refractivity contribution in [2.24, 2.45) is 0 Å². The number of carbonyl (C=O) groups excluding carboxylic acids is 2. The Kier molecular flexibility index (Phi) is 7.66. The zero-order chi connectivity index (χ0) is 23.0. The first-order valence-electron chi connectivity index (χ1n) is 10.7. The monoisotopic (exact) mass is 470 g/mol. The van der Waals surface area contributed by atoms with E-state index in [0.29, 0.717) is 23.2 Å². The number of benzene rings is 1. The second-order valence-corrected chi connectivity index (χ2v) is 8.43. The summed E-state index contributed by atoms with van der Waals surface area (Å²) in [5, 5.41) is 8.72. The SMILES string of the molecule is CNC(=O)c1cc(Oc2ccc3nc(NC(=O)NCCCN4CCOCC4)sc3c2)ccn1. The Morgan fingerprint density at radius 3 is 2.82 bits per heavy atom. The van der Waals surface area contributed by atoms with Gasteiger partial charge in [-0.15, -0.1) is 0 Å². The lowest BCUT2D eigenvalue weighted by atomic mass is 10.3. The van der Waals surface area contributed by atoms with Crippen molar-refractivity contribution in [3.63, 3.8) is 0 Å². The summed E-state index contributed by atoms with van der Waals surface area (Å²) in [5.41, 5.74) is 1.03. The Morgan fingerprint density at radius 2 is 2.00 bits per heavy atom. The largest absolute Gasteiger partial charge is 0.457 e. The van der Waals surface area contributed by atoms with Gasteiger partial charge in [-0.2, -0.15) is 0 Å². The van der Waals surface area contributed by atoms with Gasteiger partial charge in [-0.05, 0) is 31.2 Å². The van der Waals surface area contributed by atoms with Gasteiger partial charge < -0.3 is 20.1 Å². The number of thiazole rings is 1. The number of hydrogen-bond acceptors (Lipinski definition) is 8. The molecule has 0 atom stereocenters. The Balaban J connectivity index is 1.30. The molecule has 0 radical (unpaired) electrons. The molecule has 3 N–H and O–H groups in total. The van der Waals surface area contributed by atoms with E-state index < -0.39 is 0 Å². The number of anilines is 1. The van der Waals surface area contributed by atoms with Gasteiger partial charge in [-0.1, -0.05) is 11.3 Å². The first kappa shape index (κ1) is 22.9. The Hall–Kier alpha value is -3.28. The molecule has 174 valence electrons. The van der Waals surface area contributed by atoms with Crippen molar-refractivity contribution in [3.05, 3.63) is 42.2 Å². The van der Waals surface area contributed by atoms with Crippen LogP contribution in [0.2, 0.25) is 0 Å². The van der Waals surface area contributed by atoms with Crippen LogP contribution in [0.4, 0.5) is 9.93 Å². The first-order valence-corrected chi connectivity index (χ1v) is 11.5. The van der Waals surface area contributed by atoms with Gasteiger partial charge in [0, 0.05) is 45.0 Å². The summed E-state index contributed by atoms with van der Waals surface area (Å²) < 4.78 is 12.1. The second-order valence-electron chi connectivity index (χ2n) is 7.39. The van der Waals surface area contributed by atoms with Gasteiger partial charge in [-0.3, -0.25) is 20.0 Å². The maximum Gasteiger partial charge on any atom is 0.321 e. The van der Waals surface area contributed by atoms with Crippen LogP contribution < -0.4 is 20.7 Å². The highest BCUT2D eigenvalue weighted by Crippen LogP contribution is 2.31. The molecule has 0 aliphatic carbocycles. The number of hydrogen-bond donors (Lipinski definition) is 3. The third kappa shape index (κ3) is 6.37. The smallest absolute Gasteiger partial charge is 0.321 e. The van der Waals surface area contributed by atoms with E-state index >= 15 is 0 Å². The molecule has 0 bridgehead atoms. The van der Waals surface area contributed by atoms with E-state index in [9.17, 15) is 9.59 Å². The van der Waals surface area contributed by atoms with Crippen LogP contribution >= 0.6 is 11.3 Å². The normalized spacial score (nSPS) is 14.1. The van der Waals surface area contributed by atoms with E-state index in [0.717, 1.165) is 49.5 Å². The minimum atomic E-state index is -0.284. The number of rotatable bonds is 8. The van der Waals surface area contributed by atoms with Gasteiger partial charge in [0.2, 0.25) is 0 Å². The number of ether oxygens (including phenoxy) is 2. The van der Waals surface area contributed by atoms with Crippen LogP contribution in [0.5, 0.6) is 11.5 Å². The van der Waals surface area contributed by atoms with Gasteiger partial charge in [-0.25, -0.2) is 9.78 Å². The molecular weight excluding hydrogens is 444 g/mol. The van der Waals surface area contributed by atoms with E-state index in [1.54, 1.807) is 25.2 Å². The number of nitrogens with zero attached hydrogens (tertiary/aromatic N) is 3. The predicted molar refractivity (Wildman–Crippen MR) is 126 cm³/mol. The first-order chi connectivity index (χ1) is 16.1. The molecule has 1 aromatic carbocycles. The number of pyridine rings is 1. The summed E-state index contributed by atoms with van der Waals surface area (Å²) in [4.78, 5) is 34.8. The van der Waals surface area contributed by atoms with Gasteiger partial charge >= 0.3 is 6.03 Å². The van der Waals surface area contributed by atoms with Crippen LogP contribution in [0.3, 0.4) is 0 Å². The zero-order valence-electron chi connectivity index (χ0n) is 18.3. The second kappa shape index (κ2) is 11.0. The van der Waals surface area contributed by atoms with Crippen LogP contribution in [0.15, 0.2) is 36.5 Å². The van der Waals surface area contributed by atoms with Crippen molar-refractivity contribution >= 4 is 38.6 Å². The third-order valence-electron chi connectivity index (χ3n) is 5.05. The Morgan fingerprint density at radius 1 is 1.18 bits per heavy atom. The van der Waals surface area contributed by atoms with Crippen molar-refractivity contribution < 1.29 is 19.1 Å². The zero-order valence-corrected chi connectivity index (χ0v) is 19.1. The van der Waals surface area contributed by atoms with Gasteiger partial charge in [0.1, 0.15) is 17.2 Å². The summed E-state index contributed by atoms with van der Waals surface area (Å²) in [6.07, 6.45) is 2.40. The Labute approximate surface area is 195 Å². The van der Waals surface area contributed by atoms with Crippen LogP contribution in [-0.4, -0.2) is 73.2 Å². The molecule has 3 heterocycles. The van der Waals surface area contributed by atoms with Crippen molar-refractivity contribution in [1.82, 2.24) is 25.5 Å². The van der Waals surface area contributed by atoms with Crippen molar-refractivity contribution in [3.8, 4) is 11.5 Å². The summed E-state index contributed by atoms with van der Waals surface area (Å²) in [5.74, 6) is 0.815. The number of aromatic nitrogens is 2. The molecule has 0 unspecified atom stereocenters. The molecule has 3 amide bonds. The van der Waals surface area contributed by atoms with E-state index in [1.807, 2.05) is 12.1 Å². The van der Waals surface area contributed by atoms with Crippen LogP contribution in [0.1, 0.15) is 16.9 Å². The lowest BCUT2D eigenvalue weighted by molar-refractivity contribution is 0.0375. The number of carbonyl (C=O) groups is 2. The fourth-order valence-electron chi connectivity index (χ4n) is 3.36. The van der Waals surface area contributed by atoms with Crippen molar-refractivity contribution in [2.45, 2.75) is 6.42 Å². The molecule has 11 heteroatoms. The fourth-order valence-corrected chi connectivity index (χ4v) is 4.24. The highest BCUT2D eigenvalue weighted by atomic mass is 32.1. The van der Waals surface area contributed by atoms with Gasteiger partial charge in [0.15, 0.2) is 5.13 Å². The number of morpholine rings is 1. The van der Waals surface area contributed by atoms with E-state index in [4.69, 9.17) is 9.47 Å². The Bertz CT molecular complexity index is 1120. The average Bonchev–Trinajstić information content (AvgIpc) is 3.23. The standard InChI is InChI=1S/C22H26N6O4S/c1-23-20(29)18-13-16(5-7-24-18)32-15-3-4-17-19(14-15)33-22(26-17)27-21(30)25-6-2-8-28-9-11-31-12-10-28/h3-5,7,13-14H,2,6,8-12H2,1H3,(H,23,29)(H2,25,26,27,30). The van der Waals surface area contributed by atoms with E-state index in [2.05, 4.69) is 30.8 Å². The maximum absolute atomic E-state index is 12.2. The molecule has 0 spiro atoms. The minimum absolute atomic E-state index is 0.272. The molecule has 10 nitrogen and oxygen atoms in total. The molecule has 33 heavy (non-hydrogen) atoms. The highest BCUT2D eigenvalue weighted by Gasteiger charge is 2.12. The van der Waals surface area contributed by atoms with Crippen molar-refractivity contribution in [2.75, 3.05) is 51.8 Å². The predicted octanol–water partition coefficient (Wildman–Crippen LogP) is 2.69. The third-order valence-corrected chi connectivity index (χ3v) is 5.98. The number of fused-ring (bicyclic) bond motifs is 1. The molecule has 1 aliphatic heterocycles. The molecule has 0 saturated carbocycles. The van der Waals surface area contributed by atoms with Crippen molar-refractivity contribution in [1.29, 1.82) is 0 Å². The summed E-state index contributed by atoms with van der Waals surface area (Å²) in [6, 6.07) is 8.45. The number of amides is 3. The maximum atomic E-state index is 12.2. The van der Waals surface area contributed by atoms with Crippen LogP contribution in [-0.2, 0) is 4.74 Å². The average molecular weight is 471 g/mol. The summed E-state index contributed by atoms with van der Waals surface area (Å²) >= 11 is 1.36. The lowest BCUT2D eigenvalue weighted by Gasteiger charge is -2.26. The number of urea groups is 1. The quantitative estimate of drug-likeness (QED) is 0.433. The lowest BCUT2D eigenvalue weighted by Crippen LogP contribution is -2.38. The van der Waals surface area contributed by atoms with E-state index in [1.165, 1.54) is 17.5 Å². The summed E-state index contributed by atoms with van der Waals surface area (Å²) in [7, 11) is 1.55. The molecule has 1 fully saturated rings. The molecule has 3 aromatic rings. The fraction of sp³-hybridized carbons (Fsp3) is 0.364. The van der Waals surface area contributed by atoms with Gasteiger partial charge in [0.25, 0.3) is 5.91 Å². The molecule has 4 rings (SSSR count). The van der Waals surface area contributed by atoms with E-state index in [-0.39, 0.29) is 17.6 Å². The summed E-state index contributed by atoms with van der Waals surface area (Å²) in [6.45, 7) is 4.97.